The molecule has 1 heterocycles. The van der Waals surface area contributed by atoms with Gasteiger partial charge in [0.05, 0.1) is 6.20 Å². The molecule has 0 radical (unpaired) electrons. The fraction of sp³-hybridized carbons (Fsp3) is 0.182. The average Bonchev–Trinajstić information content (AvgIpc) is 2.66. The van der Waals surface area contributed by atoms with Crippen LogP contribution in [0, 0.1) is 6.92 Å². The number of benzene rings is 1. The highest BCUT2D eigenvalue weighted by Crippen LogP contribution is 2.27. The molecular formula is C11H10F3N3O. The fourth-order valence-electron chi connectivity index (χ4n) is 1.51. The summed E-state index contributed by atoms with van der Waals surface area (Å²) in [7, 11) is 0. The van der Waals surface area contributed by atoms with Crippen molar-refractivity contribution >= 4 is 5.82 Å². The molecular weight excluding hydrogens is 247 g/mol. The number of hydrogen-bond donors (Lipinski definition) is 1. The van der Waals surface area contributed by atoms with E-state index < -0.39 is 6.36 Å². The van der Waals surface area contributed by atoms with Gasteiger partial charge in [-0.15, -0.1) is 13.2 Å². The lowest BCUT2D eigenvalue weighted by molar-refractivity contribution is -0.274. The Kier molecular flexibility index (Phi) is 2.90. The quantitative estimate of drug-likeness (QED) is 0.899. The number of nitrogens with two attached hydrogens (primary N) is 1. The maximum atomic E-state index is 12.1. The number of halogens is 3. The first kappa shape index (κ1) is 12.3. The fourth-order valence-corrected chi connectivity index (χ4v) is 1.51. The minimum atomic E-state index is -4.69. The Hall–Kier alpha value is -2.18. The molecule has 0 aliphatic heterocycles. The van der Waals surface area contributed by atoms with E-state index in [1.807, 2.05) is 0 Å². The Bertz CT molecular complexity index is 563. The van der Waals surface area contributed by atoms with Crippen LogP contribution >= 0.6 is 0 Å². The van der Waals surface area contributed by atoms with Crippen molar-refractivity contribution < 1.29 is 17.9 Å². The maximum Gasteiger partial charge on any atom is 0.573 e. The predicted molar refractivity (Wildman–Crippen MR) is 59.4 cm³/mol. The van der Waals surface area contributed by atoms with E-state index in [4.69, 9.17) is 5.73 Å². The van der Waals surface area contributed by atoms with Crippen LogP contribution in [0.15, 0.2) is 30.7 Å². The van der Waals surface area contributed by atoms with E-state index in [1.54, 1.807) is 16.8 Å². The SMILES string of the molecule is Cc1cc(-n2cnc(N)c2)ccc1OC(F)(F)F. The van der Waals surface area contributed by atoms with Crippen LogP contribution in [0.1, 0.15) is 5.56 Å². The number of ether oxygens (including phenoxy) is 1. The molecule has 96 valence electrons. The number of nitrogen functional groups attached to an aromatic ring is 1. The number of alkyl halides is 3. The molecule has 4 nitrogen and oxygen atoms in total. The topological polar surface area (TPSA) is 53.1 Å². The number of aryl methyl sites for hydroxylation is 1. The summed E-state index contributed by atoms with van der Waals surface area (Å²) in [5.74, 6) is 0.114. The molecule has 18 heavy (non-hydrogen) atoms. The molecule has 0 amide bonds. The molecule has 0 spiro atoms. The van der Waals surface area contributed by atoms with E-state index in [-0.39, 0.29) is 5.75 Å². The molecule has 2 N–H and O–H groups in total. The standard InChI is InChI=1S/C11H10F3N3O/c1-7-4-8(17-5-10(15)16-6-17)2-3-9(7)18-11(12,13)14/h2-6H,15H2,1H3. The van der Waals surface area contributed by atoms with Gasteiger partial charge in [0.2, 0.25) is 0 Å². The van der Waals surface area contributed by atoms with Crippen LogP contribution in [0.5, 0.6) is 5.75 Å². The summed E-state index contributed by atoms with van der Waals surface area (Å²) < 4.78 is 41.8. The van der Waals surface area contributed by atoms with Crippen LogP contribution in [0.2, 0.25) is 0 Å². The van der Waals surface area contributed by atoms with Crippen molar-refractivity contribution in [2.45, 2.75) is 13.3 Å². The number of hydrogen-bond acceptors (Lipinski definition) is 3. The van der Waals surface area contributed by atoms with E-state index in [9.17, 15) is 13.2 Å². The maximum absolute atomic E-state index is 12.1. The Morgan fingerprint density at radius 2 is 2.06 bits per heavy atom. The second kappa shape index (κ2) is 4.25. The van der Waals surface area contributed by atoms with E-state index in [0.29, 0.717) is 17.1 Å². The highest BCUT2D eigenvalue weighted by atomic mass is 19.4. The highest BCUT2D eigenvalue weighted by Gasteiger charge is 2.31. The van der Waals surface area contributed by atoms with Crippen molar-refractivity contribution in [3.8, 4) is 11.4 Å². The van der Waals surface area contributed by atoms with Gasteiger partial charge >= 0.3 is 6.36 Å². The Morgan fingerprint density at radius 3 is 2.56 bits per heavy atom. The minimum Gasteiger partial charge on any atom is -0.406 e. The zero-order chi connectivity index (χ0) is 13.3. The van der Waals surface area contributed by atoms with Crippen LogP contribution < -0.4 is 10.5 Å². The van der Waals surface area contributed by atoms with Gasteiger partial charge < -0.3 is 15.0 Å². The third-order valence-corrected chi connectivity index (χ3v) is 2.28. The van der Waals surface area contributed by atoms with Crippen LogP contribution in [0.25, 0.3) is 5.69 Å². The molecule has 2 rings (SSSR count). The summed E-state index contributed by atoms with van der Waals surface area (Å²) in [6.45, 7) is 1.53. The summed E-state index contributed by atoms with van der Waals surface area (Å²) in [4.78, 5) is 3.83. The molecule has 0 saturated heterocycles. The first-order valence-corrected chi connectivity index (χ1v) is 5.01. The van der Waals surface area contributed by atoms with Crippen LogP contribution in [0.3, 0.4) is 0 Å². The molecule has 0 aliphatic rings. The monoisotopic (exact) mass is 257 g/mol. The normalized spacial score (nSPS) is 11.6. The zero-order valence-corrected chi connectivity index (χ0v) is 9.40. The summed E-state index contributed by atoms with van der Waals surface area (Å²) >= 11 is 0. The highest BCUT2D eigenvalue weighted by molar-refractivity contribution is 5.45. The summed E-state index contributed by atoms with van der Waals surface area (Å²) in [5.41, 5.74) is 6.49. The van der Waals surface area contributed by atoms with Gasteiger partial charge in [0.15, 0.2) is 0 Å². The predicted octanol–water partition coefficient (Wildman–Crippen LogP) is 2.66. The summed E-state index contributed by atoms with van der Waals surface area (Å²) in [6, 6.07) is 4.31. The average molecular weight is 257 g/mol. The molecule has 0 atom stereocenters. The largest absolute Gasteiger partial charge is 0.573 e. The number of imidazole rings is 1. The lowest BCUT2D eigenvalue weighted by Crippen LogP contribution is -2.17. The molecule has 7 heteroatoms. The number of nitrogens with zero attached hydrogens (tertiary/aromatic N) is 2. The van der Waals surface area contributed by atoms with Crippen molar-refractivity contribution in [3.05, 3.63) is 36.3 Å². The van der Waals surface area contributed by atoms with E-state index in [1.165, 1.54) is 25.4 Å². The number of anilines is 1. The summed E-state index contributed by atoms with van der Waals surface area (Å²) in [6.07, 6.45) is -1.64. The number of aromatic nitrogens is 2. The van der Waals surface area contributed by atoms with E-state index in [0.717, 1.165) is 0 Å². The second-order valence-corrected chi connectivity index (χ2v) is 3.70. The van der Waals surface area contributed by atoms with Crippen molar-refractivity contribution in [2.24, 2.45) is 0 Å². The third kappa shape index (κ3) is 2.73. The van der Waals surface area contributed by atoms with E-state index >= 15 is 0 Å². The molecule has 0 unspecified atom stereocenters. The smallest absolute Gasteiger partial charge is 0.406 e. The zero-order valence-electron chi connectivity index (χ0n) is 9.40. The van der Waals surface area contributed by atoms with E-state index in [2.05, 4.69) is 9.72 Å². The van der Waals surface area contributed by atoms with Crippen molar-refractivity contribution in [1.82, 2.24) is 9.55 Å². The van der Waals surface area contributed by atoms with Gasteiger partial charge in [0.25, 0.3) is 0 Å². The summed E-state index contributed by atoms with van der Waals surface area (Å²) in [5, 5.41) is 0. The molecule has 2 aromatic rings. The third-order valence-electron chi connectivity index (χ3n) is 2.28. The first-order chi connectivity index (χ1) is 8.35. The Morgan fingerprint density at radius 1 is 1.33 bits per heavy atom. The van der Waals surface area contributed by atoms with Gasteiger partial charge in [-0.25, -0.2) is 4.98 Å². The van der Waals surface area contributed by atoms with Crippen LogP contribution in [-0.2, 0) is 0 Å². The first-order valence-electron chi connectivity index (χ1n) is 5.01. The van der Waals surface area contributed by atoms with Crippen LogP contribution in [-0.4, -0.2) is 15.9 Å². The second-order valence-electron chi connectivity index (χ2n) is 3.70. The Labute approximate surface area is 101 Å². The Balaban J connectivity index is 2.30. The van der Waals surface area contributed by atoms with Crippen LogP contribution in [0.4, 0.5) is 19.0 Å². The van der Waals surface area contributed by atoms with Gasteiger partial charge in [-0.3, -0.25) is 0 Å². The van der Waals surface area contributed by atoms with Gasteiger partial charge in [-0.1, -0.05) is 0 Å². The van der Waals surface area contributed by atoms with Gasteiger partial charge in [-0.2, -0.15) is 0 Å². The van der Waals surface area contributed by atoms with Gasteiger partial charge in [-0.05, 0) is 30.7 Å². The van der Waals surface area contributed by atoms with Gasteiger partial charge in [0, 0.05) is 5.69 Å². The van der Waals surface area contributed by atoms with Crippen molar-refractivity contribution in [1.29, 1.82) is 0 Å². The van der Waals surface area contributed by atoms with Crippen molar-refractivity contribution in [2.75, 3.05) is 5.73 Å². The molecule has 1 aromatic heterocycles. The molecule has 1 aromatic carbocycles. The lowest BCUT2D eigenvalue weighted by atomic mass is 10.2. The molecule has 0 saturated carbocycles. The number of rotatable bonds is 2. The van der Waals surface area contributed by atoms with Crippen molar-refractivity contribution in [3.63, 3.8) is 0 Å². The molecule has 0 fully saturated rings. The molecule has 0 bridgehead atoms. The van der Waals surface area contributed by atoms with Gasteiger partial charge in [0.1, 0.15) is 17.9 Å². The minimum absolute atomic E-state index is 0.223. The lowest BCUT2D eigenvalue weighted by Gasteiger charge is -2.12. The molecule has 0 aliphatic carbocycles.